The van der Waals surface area contributed by atoms with Gasteiger partial charge in [-0.3, -0.25) is 0 Å². The van der Waals surface area contributed by atoms with Crippen LogP contribution in [0, 0.1) is 0 Å². The van der Waals surface area contributed by atoms with Crippen LogP contribution in [-0.4, -0.2) is 9.13 Å². The van der Waals surface area contributed by atoms with Crippen LogP contribution >= 0.6 is 0 Å². The third-order valence-corrected chi connectivity index (χ3v) is 11.5. The number of nitrogens with zero attached hydrogens (tertiary/aromatic N) is 2. The lowest BCUT2D eigenvalue weighted by Gasteiger charge is -2.11. The van der Waals surface area contributed by atoms with Crippen LogP contribution in [0.5, 0.6) is 0 Å². The van der Waals surface area contributed by atoms with Gasteiger partial charge in [0.05, 0.1) is 22.1 Å². The minimum Gasteiger partial charge on any atom is -0.456 e. The molecule has 0 N–H and O–H groups in total. The maximum absolute atomic E-state index is 6.46. The molecule has 3 heteroatoms. The van der Waals surface area contributed by atoms with E-state index in [1.165, 1.54) is 71.3 Å². The summed E-state index contributed by atoms with van der Waals surface area (Å²) >= 11 is 0. The van der Waals surface area contributed by atoms with Crippen molar-refractivity contribution in [1.29, 1.82) is 0 Å². The molecule has 0 fully saturated rings. The Kier molecular flexibility index (Phi) is 6.34. The molecule has 0 amide bonds. The highest BCUT2D eigenvalue weighted by atomic mass is 16.3. The van der Waals surface area contributed by atoms with Gasteiger partial charge in [0.25, 0.3) is 0 Å². The normalized spacial score (nSPS) is 12.0. The minimum absolute atomic E-state index is 0.902. The number of para-hydroxylation sites is 2. The Labute approximate surface area is 316 Å². The third kappa shape index (κ3) is 4.57. The number of furan rings is 1. The lowest BCUT2D eigenvalue weighted by Crippen LogP contribution is -1.94. The quantitative estimate of drug-likeness (QED) is 0.179. The fourth-order valence-corrected chi connectivity index (χ4v) is 8.90. The van der Waals surface area contributed by atoms with Gasteiger partial charge in [-0.1, -0.05) is 121 Å². The van der Waals surface area contributed by atoms with E-state index in [0.717, 1.165) is 38.7 Å². The van der Waals surface area contributed by atoms with Crippen molar-refractivity contribution in [2.45, 2.75) is 0 Å². The first-order valence-corrected chi connectivity index (χ1v) is 18.8. The third-order valence-electron chi connectivity index (χ3n) is 11.5. The summed E-state index contributed by atoms with van der Waals surface area (Å²) in [4.78, 5) is 0. The van der Waals surface area contributed by atoms with Crippen molar-refractivity contribution in [2.24, 2.45) is 0 Å². The van der Waals surface area contributed by atoms with Gasteiger partial charge in [0, 0.05) is 43.7 Å². The highest BCUT2D eigenvalue weighted by Crippen LogP contribution is 2.41. The molecule has 0 aliphatic heterocycles. The van der Waals surface area contributed by atoms with Crippen molar-refractivity contribution in [3.8, 4) is 33.6 Å². The number of rotatable bonds is 4. The molecule has 3 heterocycles. The first-order valence-electron chi connectivity index (χ1n) is 18.8. The Morgan fingerprint density at radius 2 is 0.873 bits per heavy atom. The molecule has 0 unspecified atom stereocenters. The number of hydrogen-bond donors (Lipinski definition) is 0. The zero-order valence-corrected chi connectivity index (χ0v) is 29.8. The molecule has 55 heavy (non-hydrogen) atoms. The van der Waals surface area contributed by atoms with Crippen molar-refractivity contribution in [3.05, 3.63) is 194 Å². The Morgan fingerprint density at radius 3 is 1.71 bits per heavy atom. The summed E-state index contributed by atoms with van der Waals surface area (Å²) in [6.07, 6.45) is 0. The van der Waals surface area contributed by atoms with Crippen molar-refractivity contribution in [1.82, 2.24) is 9.13 Å². The Bertz CT molecular complexity index is 3490. The van der Waals surface area contributed by atoms with E-state index >= 15 is 0 Å². The van der Waals surface area contributed by atoms with Gasteiger partial charge in [-0.15, -0.1) is 0 Å². The van der Waals surface area contributed by atoms with E-state index in [0.29, 0.717) is 0 Å². The topological polar surface area (TPSA) is 23.0 Å². The molecule has 0 radical (unpaired) electrons. The zero-order chi connectivity index (χ0) is 36.0. The maximum atomic E-state index is 6.46. The summed E-state index contributed by atoms with van der Waals surface area (Å²) in [6.45, 7) is 0. The van der Waals surface area contributed by atoms with E-state index < -0.39 is 0 Å². The summed E-state index contributed by atoms with van der Waals surface area (Å²) in [5.74, 6) is 0. The molecule has 3 aromatic heterocycles. The maximum Gasteiger partial charge on any atom is 0.136 e. The number of fused-ring (bicyclic) bond motifs is 10. The van der Waals surface area contributed by atoms with Gasteiger partial charge in [0.15, 0.2) is 0 Å². The molecule has 0 saturated heterocycles. The largest absolute Gasteiger partial charge is 0.456 e. The number of benzene rings is 9. The summed E-state index contributed by atoms with van der Waals surface area (Å²) in [5.41, 5.74) is 13.6. The van der Waals surface area contributed by atoms with Crippen LogP contribution in [0.15, 0.2) is 199 Å². The number of aromatic nitrogens is 2. The summed E-state index contributed by atoms with van der Waals surface area (Å²) in [7, 11) is 0. The van der Waals surface area contributed by atoms with Crippen molar-refractivity contribution >= 4 is 76.3 Å². The van der Waals surface area contributed by atoms with Crippen molar-refractivity contribution < 1.29 is 4.42 Å². The molecule has 12 rings (SSSR count). The average molecular weight is 701 g/mol. The summed E-state index contributed by atoms with van der Waals surface area (Å²) in [6, 6.07) is 70.4. The van der Waals surface area contributed by atoms with Crippen LogP contribution < -0.4 is 0 Å². The van der Waals surface area contributed by atoms with E-state index in [9.17, 15) is 0 Å². The van der Waals surface area contributed by atoms with Crippen LogP contribution in [0.3, 0.4) is 0 Å². The lowest BCUT2D eigenvalue weighted by molar-refractivity contribution is 0.669. The van der Waals surface area contributed by atoms with E-state index in [2.05, 4.69) is 197 Å². The second-order valence-corrected chi connectivity index (χ2v) is 14.6. The predicted octanol–water partition coefficient (Wildman–Crippen LogP) is 14.3. The van der Waals surface area contributed by atoms with Gasteiger partial charge in [0.1, 0.15) is 11.2 Å². The predicted molar refractivity (Wildman–Crippen MR) is 231 cm³/mol. The zero-order valence-electron chi connectivity index (χ0n) is 29.8. The van der Waals surface area contributed by atoms with Gasteiger partial charge in [-0.05, 0) is 106 Å². The molecule has 0 spiro atoms. The van der Waals surface area contributed by atoms with E-state index in [4.69, 9.17) is 4.42 Å². The Morgan fingerprint density at radius 1 is 0.273 bits per heavy atom. The summed E-state index contributed by atoms with van der Waals surface area (Å²) < 4.78 is 11.3. The second kappa shape index (κ2) is 11.6. The second-order valence-electron chi connectivity index (χ2n) is 14.6. The highest BCUT2D eigenvalue weighted by Gasteiger charge is 2.19. The first-order chi connectivity index (χ1) is 27.2. The van der Waals surface area contributed by atoms with Gasteiger partial charge < -0.3 is 13.6 Å². The molecule has 9 aromatic carbocycles. The van der Waals surface area contributed by atoms with E-state index in [1.54, 1.807) is 0 Å². The first kappa shape index (κ1) is 30.1. The molecule has 12 aromatic rings. The van der Waals surface area contributed by atoms with Crippen LogP contribution in [0.4, 0.5) is 0 Å². The van der Waals surface area contributed by atoms with Crippen LogP contribution in [0.25, 0.3) is 110 Å². The van der Waals surface area contributed by atoms with Gasteiger partial charge in [0.2, 0.25) is 0 Å². The average Bonchev–Trinajstić information content (AvgIpc) is 3.89. The smallest absolute Gasteiger partial charge is 0.136 e. The minimum atomic E-state index is 0.902. The van der Waals surface area contributed by atoms with Crippen molar-refractivity contribution in [3.63, 3.8) is 0 Å². The van der Waals surface area contributed by atoms with Gasteiger partial charge in [-0.2, -0.15) is 0 Å². The standard InChI is InChI=1S/C52H32N2O/c1-2-11-33(12-3-1)36-15-10-16-39(27-36)54-49-26-23-38(30-44(49)45-32-52-46(31-50(45)54)42-18-7-9-20-51(42)55-52)37-22-25-48-43(29-37)41-17-6-8-19-47(41)53(48)40-24-21-34-13-4-5-14-35(34)28-40/h1-32H. The van der Waals surface area contributed by atoms with Crippen molar-refractivity contribution in [2.75, 3.05) is 0 Å². The molecule has 3 nitrogen and oxygen atoms in total. The SMILES string of the molecule is c1ccc(-c2cccc(-n3c4ccc(-c5ccc6c(c5)c5ccccc5n6-c5ccc6ccccc6c5)cc4c4cc5oc6ccccc6c5cc43)c2)cc1. The van der Waals surface area contributed by atoms with Crippen LogP contribution in [0.1, 0.15) is 0 Å². The fraction of sp³-hybridized carbons (Fsp3) is 0. The lowest BCUT2D eigenvalue weighted by atomic mass is 10.0. The summed E-state index contributed by atoms with van der Waals surface area (Å²) in [5, 5.41) is 9.59. The van der Waals surface area contributed by atoms with E-state index in [1.807, 2.05) is 6.07 Å². The molecule has 0 bridgehead atoms. The van der Waals surface area contributed by atoms with Crippen LogP contribution in [0.2, 0.25) is 0 Å². The van der Waals surface area contributed by atoms with Gasteiger partial charge in [-0.25, -0.2) is 0 Å². The van der Waals surface area contributed by atoms with Gasteiger partial charge >= 0.3 is 0 Å². The molecule has 0 aliphatic rings. The molecule has 0 aliphatic carbocycles. The highest BCUT2D eigenvalue weighted by molar-refractivity contribution is 6.18. The molecule has 0 saturated carbocycles. The molecule has 0 atom stereocenters. The molecular formula is C52H32N2O. The van der Waals surface area contributed by atoms with Crippen LogP contribution in [-0.2, 0) is 0 Å². The molecule has 256 valence electrons. The Balaban J connectivity index is 1.08. The Hall–Kier alpha value is -7.36. The molecular weight excluding hydrogens is 669 g/mol. The van der Waals surface area contributed by atoms with E-state index in [-0.39, 0.29) is 0 Å². The fourth-order valence-electron chi connectivity index (χ4n) is 8.90. The number of hydrogen-bond acceptors (Lipinski definition) is 1. The monoisotopic (exact) mass is 700 g/mol.